The molecule has 0 amide bonds. The van der Waals surface area contributed by atoms with Crippen LogP contribution in [0.15, 0.2) is 6.20 Å². The summed E-state index contributed by atoms with van der Waals surface area (Å²) in [6, 6.07) is 0.721. The summed E-state index contributed by atoms with van der Waals surface area (Å²) in [7, 11) is 2.25. The second-order valence-corrected chi connectivity index (χ2v) is 5.90. The van der Waals surface area contributed by atoms with E-state index in [2.05, 4.69) is 34.6 Å². The molecule has 3 heterocycles. The lowest BCUT2D eigenvalue weighted by molar-refractivity contribution is 0.298. The number of nitrogens with zero attached hydrogens (tertiary/aromatic N) is 3. The molecule has 0 aromatic carbocycles. The van der Waals surface area contributed by atoms with Gasteiger partial charge in [0.1, 0.15) is 5.82 Å². The van der Waals surface area contributed by atoms with Crippen LogP contribution in [-0.2, 0) is 19.4 Å². The van der Waals surface area contributed by atoms with E-state index in [1.165, 1.54) is 50.3 Å². The van der Waals surface area contributed by atoms with Crippen LogP contribution in [0.3, 0.4) is 0 Å². The number of hydrogen-bond acceptors (Lipinski definition) is 2. The fourth-order valence-electron chi connectivity index (χ4n) is 3.28. The number of imidazole rings is 1. The van der Waals surface area contributed by atoms with Gasteiger partial charge in [-0.15, -0.1) is 0 Å². The first-order chi connectivity index (χ1) is 8.24. The van der Waals surface area contributed by atoms with Gasteiger partial charge in [0.15, 0.2) is 0 Å². The average molecular weight is 233 g/mol. The molecule has 0 bridgehead atoms. The largest absolute Gasteiger partial charge is 0.332 e. The van der Waals surface area contributed by atoms with E-state index in [1.54, 1.807) is 0 Å². The van der Waals surface area contributed by atoms with Crippen molar-refractivity contribution in [1.29, 1.82) is 0 Å². The van der Waals surface area contributed by atoms with Crippen LogP contribution in [0, 0.1) is 5.92 Å². The zero-order valence-corrected chi connectivity index (χ0v) is 11.0. The Balaban J connectivity index is 1.77. The zero-order chi connectivity index (χ0) is 11.8. The van der Waals surface area contributed by atoms with Crippen molar-refractivity contribution in [2.75, 3.05) is 13.6 Å². The molecule has 1 aromatic heterocycles. The van der Waals surface area contributed by atoms with Crippen LogP contribution in [-0.4, -0.2) is 34.1 Å². The van der Waals surface area contributed by atoms with Crippen molar-refractivity contribution in [3.63, 3.8) is 0 Å². The summed E-state index contributed by atoms with van der Waals surface area (Å²) in [5, 5.41) is 0. The Kier molecular flexibility index (Phi) is 2.95. The Morgan fingerprint density at radius 3 is 3.06 bits per heavy atom. The second-order valence-electron chi connectivity index (χ2n) is 5.90. The molecule has 2 aliphatic rings. The van der Waals surface area contributed by atoms with Crippen LogP contribution in [0.2, 0.25) is 0 Å². The predicted octanol–water partition coefficient (Wildman–Crippen LogP) is 2.10. The van der Waals surface area contributed by atoms with E-state index in [1.807, 2.05) is 0 Å². The lowest BCUT2D eigenvalue weighted by Gasteiger charge is -2.24. The van der Waals surface area contributed by atoms with Gasteiger partial charge in [-0.2, -0.15) is 0 Å². The SMILES string of the molecule is CC1CCc2cnc(CC3CCCN3C)n2C1. The number of fused-ring (bicyclic) bond motifs is 1. The Hall–Kier alpha value is -0.830. The summed E-state index contributed by atoms with van der Waals surface area (Å²) in [6.07, 6.45) is 8.49. The molecule has 1 aromatic rings. The summed E-state index contributed by atoms with van der Waals surface area (Å²) in [5.41, 5.74) is 1.46. The molecule has 94 valence electrons. The quantitative estimate of drug-likeness (QED) is 0.780. The highest BCUT2D eigenvalue weighted by molar-refractivity contribution is 5.10. The summed E-state index contributed by atoms with van der Waals surface area (Å²) in [4.78, 5) is 7.16. The number of hydrogen-bond donors (Lipinski definition) is 0. The van der Waals surface area contributed by atoms with Gasteiger partial charge >= 0.3 is 0 Å². The zero-order valence-electron chi connectivity index (χ0n) is 11.0. The molecule has 3 nitrogen and oxygen atoms in total. The van der Waals surface area contributed by atoms with Crippen LogP contribution in [0.1, 0.15) is 37.7 Å². The van der Waals surface area contributed by atoms with Crippen LogP contribution in [0.25, 0.3) is 0 Å². The van der Waals surface area contributed by atoms with Crippen molar-refractivity contribution in [2.45, 2.75) is 51.6 Å². The summed E-state index contributed by atoms with van der Waals surface area (Å²) in [6.45, 7) is 4.80. The molecule has 2 atom stereocenters. The van der Waals surface area contributed by atoms with E-state index in [4.69, 9.17) is 0 Å². The van der Waals surface area contributed by atoms with Crippen LogP contribution in [0.4, 0.5) is 0 Å². The van der Waals surface area contributed by atoms with E-state index in [0.717, 1.165) is 18.4 Å². The first-order valence-electron chi connectivity index (χ1n) is 6.97. The van der Waals surface area contributed by atoms with Gasteiger partial charge in [-0.25, -0.2) is 4.98 Å². The minimum atomic E-state index is 0.721. The molecule has 2 aliphatic heterocycles. The summed E-state index contributed by atoms with van der Waals surface area (Å²) < 4.78 is 2.49. The van der Waals surface area contributed by atoms with E-state index in [0.29, 0.717) is 0 Å². The van der Waals surface area contributed by atoms with E-state index >= 15 is 0 Å². The highest BCUT2D eigenvalue weighted by Crippen LogP contribution is 2.24. The Morgan fingerprint density at radius 2 is 2.29 bits per heavy atom. The minimum absolute atomic E-state index is 0.721. The maximum atomic E-state index is 4.67. The van der Waals surface area contributed by atoms with Gasteiger partial charge in [-0.3, -0.25) is 0 Å². The smallest absolute Gasteiger partial charge is 0.110 e. The highest BCUT2D eigenvalue weighted by atomic mass is 15.2. The molecule has 0 saturated carbocycles. The van der Waals surface area contributed by atoms with Crippen LogP contribution in [0.5, 0.6) is 0 Å². The highest BCUT2D eigenvalue weighted by Gasteiger charge is 2.25. The minimum Gasteiger partial charge on any atom is -0.332 e. The molecule has 2 unspecified atom stereocenters. The third-order valence-corrected chi connectivity index (χ3v) is 4.50. The third kappa shape index (κ3) is 2.13. The molecule has 1 fully saturated rings. The monoisotopic (exact) mass is 233 g/mol. The Morgan fingerprint density at radius 1 is 1.41 bits per heavy atom. The molecular formula is C14H23N3. The lowest BCUT2D eigenvalue weighted by atomic mass is 10.00. The van der Waals surface area contributed by atoms with E-state index in [9.17, 15) is 0 Å². The van der Waals surface area contributed by atoms with Crippen molar-refractivity contribution in [2.24, 2.45) is 5.92 Å². The molecule has 0 spiro atoms. The first-order valence-corrected chi connectivity index (χ1v) is 6.97. The Labute approximate surface area is 104 Å². The van der Waals surface area contributed by atoms with Gasteiger partial charge in [0.05, 0.1) is 0 Å². The summed E-state index contributed by atoms with van der Waals surface area (Å²) in [5.74, 6) is 2.14. The number of likely N-dealkylation sites (tertiary alicyclic amines) is 1. The number of rotatable bonds is 2. The molecule has 1 saturated heterocycles. The van der Waals surface area contributed by atoms with Crippen molar-refractivity contribution >= 4 is 0 Å². The van der Waals surface area contributed by atoms with Crippen molar-refractivity contribution in [3.8, 4) is 0 Å². The summed E-state index contributed by atoms with van der Waals surface area (Å²) >= 11 is 0. The lowest BCUT2D eigenvalue weighted by Crippen LogP contribution is -2.29. The topological polar surface area (TPSA) is 21.1 Å². The van der Waals surface area contributed by atoms with Crippen molar-refractivity contribution < 1.29 is 0 Å². The number of aryl methyl sites for hydroxylation is 1. The van der Waals surface area contributed by atoms with Gasteiger partial charge in [0, 0.05) is 30.9 Å². The fraction of sp³-hybridized carbons (Fsp3) is 0.786. The van der Waals surface area contributed by atoms with Gasteiger partial charge in [0.2, 0.25) is 0 Å². The van der Waals surface area contributed by atoms with Crippen LogP contribution >= 0.6 is 0 Å². The average Bonchev–Trinajstić information content (AvgIpc) is 2.88. The fourth-order valence-corrected chi connectivity index (χ4v) is 3.28. The van der Waals surface area contributed by atoms with Crippen molar-refractivity contribution in [3.05, 3.63) is 17.7 Å². The second kappa shape index (κ2) is 4.45. The molecule has 0 radical (unpaired) electrons. The predicted molar refractivity (Wildman–Crippen MR) is 69.1 cm³/mol. The maximum Gasteiger partial charge on any atom is 0.110 e. The number of likely N-dealkylation sites (N-methyl/N-ethyl adjacent to an activating group) is 1. The third-order valence-electron chi connectivity index (χ3n) is 4.50. The maximum absolute atomic E-state index is 4.67. The van der Waals surface area contributed by atoms with Gasteiger partial charge in [-0.1, -0.05) is 6.92 Å². The normalized spacial score (nSPS) is 29.5. The van der Waals surface area contributed by atoms with E-state index in [-0.39, 0.29) is 0 Å². The molecule has 0 N–H and O–H groups in total. The van der Waals surface area contributed by atoms with Gasteiger partial charge in [-0.05, 0) is 45.2 Å². The standard InChI is InChI=1S/C14H23N3/c1-11-5-6-13-9-15-14(17(13)10-11)8-12-4-3-7-16(12)2/h9,11-12H,3-8,10H2,1-2H3. The van der Waals surface area contributed by atoms with Gasteiger partial charge in [0.25, 0.3) is 0 Å². The van der Waals surface area contributed by atoms with E-state index < -0.39 is 0 Å². The molecule has 3 heteroatoms. The Bertz CT molecular complexity index is 396. The molecular weight excluding hydrogens is 210 g/mol. The molecule has 0 aliphatic carbocycles. The molecule has 17 heavy (non-hydrogen) atoms. The van der Waals surface area contributed by atoms with Crippen molar-refractivity contribution in [1.82, 2.24) is 14.5 Å². The number of aromatic nitrogens is 2. The van der Waals surface area contributed by atoms with Crippen LogP contribution < -0.4 is 0 Å². The molecule has 3 rings (SSSR count). The first kappa shape index (κ1) is 11.3. The van der Waals surface area contributed by atoms with Gasteiger partial charge < -0.3 is 9.47 Å².